The standard InChI is InChI=1S/C19H18ClNO6/c1-11(27-16-7-5-4-6-14(16)20)17(22)21-15-10-12(18(23)25-2)8-9-13(15)19(24)26-3/h4-11H,1-3H3,(H,21,22)/t11-/m1/s1. The molecule has 0 fully saturated rings. The fraction of sp³-hybridized carbons (Fsp3) is 0.211. The first-order chi connectivity index (χ1) is 12.9. The zero-order valence-electron chi connectivity index (χ0n) is 14.9. The molecule has 0 aliphatic heterocycles. The van der Waals surface area contributed by atoms with E-state index in [1.54, 1.807) is 24.3 Å². The molecule has 0 radical (unpaired) electrons. The molecule has 0 saturated heterocycles. The maximum atomic E-state index is 12.5. The summed E-state index contributed by atoms with van der Waals surface area (Å²) in [6.45, 7) is 1.53. The van der Waals surface area contributed by atoms with Crippen LogP contribution in [0.2, 0.25) is 5.02 Å². The Morgan fingerprint density at radius 2 is 1.67 bits per heavy atom. The van der Waals surface area contributed by atoms with Crippen molar-refractivity contribution in [1.82, 2.24) is 0 Å². The van der Waals surface area contributed by atoms with Gasteiger partial charge in [-0.2, -0.15) is 0 Å². The second-order valence-corrected chi connectivity index (χ2v) is 5.83. The fourth-order valence-corrected chi connectivity index (χ4v) is 2.38. The molecular formula is C19H18ClNO6. The Morgan fingerprint density at radius 3 is 2.30 bits per heavy atom. The van der Waals surface area contributed by atoms with Gasteiger partial charge in [-0.1, -0.05) is 23.7 Å². The van der Waals surface area contributed by atoms with Crippen LogP contribution in [-0.4, -0.2) is 38.2 Å². The summed E-state index contributed by atoms with van der Waals surface area (Å²) in [7, 11) is 2.44. The minimum Gasteiger partial charge on any atom is -0.479 e. The number of hydrogen-bond donors (Lipinski definition) is 1. The molecule has 0 aliphatic carbocycles. The minimum atomic E-state index is -0.919. The first-order valence-corrected chi connectivity index (χ1v) is 8.28. The molecular weight excluding hydrogens is 374 g/mol. The number of hydrogen-bond acceptors (Lipinski definition) is 6. The maximum Gasteiger partial charge on any atom is 0.339 e. The van der Waals surface area contributed by atoms with Gasteiger partial charge in [0.15, 0.2) is 6.10 Å². The van der Waals surface area contributed by atoms with Crippen molar-refractivity contribution in [3.05, 3.63) is 58.6 Å². The molecule has 0 aromatic heterocycles. The van der Waals surface area contributed by atoms with E-state index in [4.69, 9.17) is 21.1 Å². The molecule has 2 aromatic rings. The van der Waals surface area contributed by atoms with Crippen LogP contribution in [0.25, 0.3) is 0 Å². The predicted molar refractivity (Wildman–Crippen MR) is 99.3 cm³/mol. The molecule has 0 saturated carbocycles. The molecule has 2 rings (SSSR count). The summed E-state index contributed by atoms with van der Waals surface area (Å²) in [4.78, 5) is 36.2. The van der Waals surface area contributed by atoms with Crippen LogP contribution in [0.5, 0.6) is 5.75 Å². The van der Waals surface area contributed by atoms with Gasteiger partial charge in [0, 0.05) is 0 Å². The molecule has 7 nitrogen and oxygen atoms in total. The van der Waals surface area contributed by atoms with Gasteiger partial charge in [-0.3, -0.25) is 4.79 Å². The summed E-state index contributed by atoms with van der Waals surface area (Å²) < 4.78 is 14.9. The van der Waals surface area contributed by atoms with Crippen LogP contribution < -0.4 is 10.1 Å². The molecule has 1 N–H and O–H groups in total. The summed E-state index contributed by atoms with van der Waals surface area (Å²) in [5, 5.41) is 2.93. The van der Waals surface area contributed by atoms with Gasteiger partial charge in [0.25, 0.3) is 5.91 Å². The number of halogens is 1. The number of esters is 2. The molecule has 0 aliphatic rings. The Balaban J connectivity index is 2.25. The van der Waals surface area contributed by atoms with E-state index in [2.05, 4.69) is 10.1 Å². The number of carbonyl (C=O) groups excluding carboxylic acids is 3. The molecule has 0 spiro atoms. The van der Waals surface area contributed by atoms with Gasteiger partial charge in [0.2, 0.25) is 0 Å². The number of para-hydroxylation sites is 1. The average Bonchev–Trinajstić information content (AvgIpc) is 2.68. The molecule has 0 bridgehead atoms. The largest absolute Gasteiger partial charge is 0.479 e. The second kappa shape index (κ2) is 9.05. The van der Waals surface area contributed by atoms with Crippen molar-refractivity contribution < 1.29 is 28.6 Å². The van der Waals surface area contributed by atoms with Crippen molar-refractivity contribution in [2.75, 3.05) is 19.5 Å². The van der Waals surface area contributed by atoms with E-state index in [-0.39, 0.29) is 16.8 Å². The van der Waals surface area contributed by atoms with E-state index in [1.165, 1.54) is 39.3 Å². The van der Waals surface area contributed by atoms with E-state index < -0.39 is 23.9 Å². The molecule has 27 heavy (non-hydrogen) atoms. The van der Waals surface area contributed by atoms with Gasteiger partial charge >= 0.3 is 11.9 Å². The third kappa shape index (κ3) is 4.98. The van der Waals surface area contributed by atoms with Crippen LogP contribution in [0.3, 0.4) is 0 Å². The average molecular weight is 392 g/mol. The van der Waals surface area contributed by atoms with Gasteiger partial charge in [0.1, 0.15) is 5.75 Å². The van der Waals surface area contributed by atoms with Crippen LogP contribution in [-0.2, 0) is 14.3 Å². The Bertz CT molecular complexity index is 867. The SMILES string of the molecule is COC(=O)c1ccc(C(=O)OC)c(NC(=O)[C@@H](C)Oc2ccccc2Cl)c1. The summed E-state index contributed by atoms with van der Waals surface area (Å²) in [5.41, 5.74) is 0.355. The van der Waals surface area contributed by atoms with Crippen LogP contribution >= 0.6 is 11.6 Å². The highest BCUT2D eigenvalue weighted by molar-refractivity contribution is 6.32. The summed E-state index contributed by atoms with van der Waals surface area (Å²) in [6.07, 6.45) is -0.919. The lowest BCUT2D eigenvalue weighted by Crippen LogP contribution is -2.31. The lowest BCUT2D eigenvalue weighted by Gasteiger charge is -2.17. The number of rotatable bonds is 6. The lowest BCUT2D eigenvalue weighted by molar-refractivity contribution is -0.122. The van der Waals surface area contributed by atoms with Gasteiger partial charge in [-0.15, -0.1) is 0 Å². The molecule has 8 heteroatoms. The van der Waals surface area contributed by atoms with Crippen molar-refractivity contribution in [2.24, 2.45) is 0 Å². The quantitative estimate of drug-likeness (QED) is 0.759. The highest BCUT2D eigenvalue weighted by Crippen LogP contribution is 2.25. The van der Waals surface area contributed by atoms with Crippen LogP contribution in [0.4, 0.5) is 5.69 Å². The number of nitrogens with one attached hydrogen (secondary N) is 1. The third-order valence-electron chi connectivity index (χ3n) is 3.61. The normalized spacial score (nSPS) is 11.3. The smallest absolute Gasteiger partial charge is 0.339 e. The van der Waals surface area contributed by atoms with Gasteiger partial charge < -0.3 is 19.5 Å². The minimum absolute atomic E-state index is 0.0865. The fourth-order valence-electron chi connectivity index (χ4n) is 2.20. The second-order valence-electron chi connectivity index (χ2n) is 5.42. The van der Waals surface area contributed by atoms with Crippen molar-refractivity contribution in [3.63, 3.8) is 0 Å². The van der Waals surface area contributed by atoms with Crippen LogP contribution in [0.15, 0.2) is 42.5 Å². The van der Waals surface area contributed by atoms with Crippen molar-refractivity contribution in [2.45, 2.75) is 13.0 Å². The molecule has 1 atom stereocenters. The predicted octanol–water partition coefficient (Wildman–Crippen LogP) is 3.32. The number of anilines is 1. The Labute approximate surface area is 161 Å². The van der Waals surface area contributed by atoms with Crippen LogP contribution in [0.1, 0.15) is 27.6 Å². The number of benzene rings is 2. The van der Waals surface area contributed by atoms with Crippen molar-refractivity contribution >= 4 is 35.1 Å². The third-order valence-corrected chi connectivity index (χ3v) is 3.93. The van der Waals surface area contributed by atoms with Crippen LogP contribution in [0, 0.1) is 0 Å². The summed E-state index contributed by atoms with van der Waals surface area (Å²) >= 11 is 6.02. The summed E-state index contributed by atoms with van der Waals surface area (Å²) in [5.74, 6) is -1.47. The van der Waals surface area contributed by atoms with E-state index in [9.17, 15) is 14.4 Å². The molecule has 1 amide bonds. The highest BCUT2D eigenvalue weighted by Gasteiger charge is 2.21. The zero-order valence-corrected chi connectivity index (χ0v) is 15.7. The highest BCUT2D eigenvalue weighted by atomic mass is 35.5. The monoisotopic (exact) mass is 391 g/mol. The Morgan fingerprint density at radius 1 is 1.00 bits per heavy atom. The molecule has 2 aromatic carbocycles. The van der Waals surface area contributed by atoms with E-state index >= 15 is 0 Å². The van der Waals surface area contributed by atoms with Gasteiger partial charge in [-0.25, -0.2) is 9.59 Å². The number of methoxy groups -OCH3 is 2. The number of amides is 1. The maximum absolute atomic E-state index is 12.5. The van der Waals surface area contributed by atoms with E-state index in [0.29, 0.717) is 10.8 Å². The summed E-state index contributed by atoms with van der Waals surface area (Å²) in [6, 6.07) is 10.8. The number of ether oxygens (including phenoxy) is 3. The topological polar surface area (TPSA) is 90.9 Å². The first-order valence-electron chi connectivity index (χ1n) is 7.90. The first kappa shape index (κ1) is 20.3. The lowest BCUT2D eigenvalue weighted by atomic mass is 10.1. The van der Waals surface area contributed by atoms with Crippen molar-refractivity contribution in [3.8, 4) is 5.75 Å². The molecule has 0 heterocycles. The van der Waals surface area contributed by atoms with E-state index in [1.807, 2.05) is 0 Å². The number of carbonyl (C=O) groups is 3. The molecule has 0 unspecified atom stereocenters. The Kier molecular flexibility index (Phi) is 6.79. The van der Waals surface area contributed by atoms with Gasteiger partial charge in [-0.05, 0) is 37.3 Å². The van der Waals surface area contributed by atoms with Gasteiger partial charge in [0.05, 0.1) is 36.1 Å². The van der Waals surface area contributed by atoms with Crippen molar-refractivity contribution in [1.29, 1.82) is 0 Å². The molecule has 142 valence electrons. The zero-order chi connectivity index (χ0) is 20.0. The van der Waals surface area contributed by atoms with E-state index in [0.717, 1.165) is 0 Å². The Hall–Kier alpha value is -3.06.